The third-order valence-electron chi connectivity index (χ3n) is 5.77. The maximum Gasteiger partial charge on any atom is 0.407 e. The first kappa shape index (κ1) is 22.1. The lowest BCUT2D eigenvalue weighted by atomic mass is 9.98. The second-order valence-electron chi connectivity index (χ2n) is 7.93. The van der Waals surface area contributed by atoms with Gasteiger partial charge < -0.3 is 20.1 Å². The lowest BCUT2D eigenvalue weighted by Gasteiger charge is -2.18. The molecule has 0 unspecified atom stereocenters. The number of carbonyl (C=O) groups is 3. The number of aromatic carboxylic acids is 1. The number of fused-ring (bicyclic) bond motifs is 3. The average Bonchev–Trinajstić information content (AvgIpc) is 3.15. The molecule has 0 heterocycles. The van der Waals surface area contributed by atoms with Crippen LogP contribution in [-0.4, -0.2) is 48.2 Å². The molecule has 0 fully saturated rings. The molecular formula is C26H24N2O5. The van der Waals surface area contributed by atoms with Crippen LogP contribution in [0.15, 0.2) is 72.8 Å². The molecule has 2 N–H and O–H groups in total. The topological polar surface area (TPSA) is 95.9 Å². The fourth-order valence-corrected chi connectivity index (χ4v) is 4.05. The predicted molar refractivity (Wildman–Crippen MR) is 123 cm³/mol. The maximum atomic E-state index is 12.4. The van der Waals surface area contributed by atoms with Gasteiger partial charge in [-0.15, -0.1) is 0 Å². The van der Waals surface area contributed by atoms with E-state index in [1.54, 1.807) is 19.2 Å². The van der Waals surface area contributed by atoms with Crippen LogP contribution in [-0.2, 0) is 16.1 Å². The minimum atomic E-state index is -1.00. The summed E-state index contributed by atoms with van der Waals surface area (Å²) in [7, 11) is 1.62. The van der Waals surface area contributed by atoms with Crippen LogP contribution in [0.2, 0.25) is 0 Å². The molecule has 0 saturated carbocycles. The van der Waals surface area contributed by atoms with E-state index in [-0.39, 0.29) is 30.5 Å². The van der Waals surface area contributed by atoms with Crippen molar-refractivity contribution in [3.8, 4) is 11.1 Å². The summed E-state index contributed by atoms with van der Waals surface area (Å²) >= 11 is 0. The highest BCUT2D eigenvalue weighted by molar-refractivity contribution is 5.87. The third kappa shape index (κ3) is 4.87. The van der Waals surface area contributed by atoms with Crippen LogP contribution in [0, 0.1) is 0 Å². The molecule has 1 aliphatic carbocycles. The van der Waals surface area contributed by atoms with Gasteiger partial charge in [-0.05, 0) is 39.9 Å². The molecule has 7 heteroatoms. The Kier molecular flexibility index (Phi) is 6.40. The van der Waals surface area contributed by atoms with E-state index in [9.17, 15) is 14.4 Å². The molecule has 0 atom stereocenters. The molecule has 1 aliphatic rings. The van der Waals surface area contributed by atoms with E-state index in [2.05, 4.69) is 17.4 Å². The fourth-order valence-electron chi connectivity index (χ4n) is 4.05. The van der Waals surface area contributed by atoms with E-state index >= 15 is 0 Å². The standard InChI is InChI=1S/C26H24N2O5/c1-28(15-17-10-12-18(13-11-17)25(30)31)24(29)14-27-26(32)33-16-23-21-8-4-2-6-19(21)20-7-3-5-9-22(20)23/h2-13,23H,14-16H2,1H3,(H,27,32)(H,30,31). The number of likely N-dealkylation sites (N-methyl/N-ethyl adjacent to an activating group) is 1. The summed E-state index contributed by atoms with van der Waals surface area (Å²) in [5, 5.41) is 11.5. The predicted octanol–water partition coefficient (Wildman–Crippen LogP) is 3.88. The molecule has 0 aliphatic heterocycles. The van der Waals surface area contributed by atoms with Gasteiger partial charge in [-0.3, -0.25) is 4.79 Å². The first-order valence-corrected chi connectivity index (χ1v) is 10.6. The van der Waals surface area contributed by atoms with Gasteiger partial charge in [0.05, 0.1) is 5.56 Å². The highest BCUT2D eigenvalue weighted by Gasteiger charge is 2.29. The molecule has 0 saturated heterocycles. The van der Waals surface area contributed by atoms with Gasteiger partial charge in [0, 0.05) is 19.5 Å². The van der Waals surface area contributed by atoms with Crippen molar-refractivity contribution in [3.63, 3.8) is 0 Å². The van der Waals surface area contributed by atoms with Crippen LogP contribution in [0.4, 0.5) is 4.79 Å². The van der Waals surface area contributed by atoms with Crippen molar-refractivity contribution < 1.29 is 24.2 Å². The highest BCUT2D eigenvalue weighted by atomic mass is 16.5. The molecule has 3 aromatic rings. The van der Waals surface area contributed by atoms with Crippen LogP contribution in [0.3, 0.4) is 0 Å². The molecule has 4 rings (SSSR count). The number of carboxylic acid groups (broad SMARTS) is 1. The quantitative estimate of drug-likeness (QED) is 0.577. The number of hydrogen-bond donors (Lipinski definition) is 2. The minimum Gasteiger partial charge on any atom is -0.478 e. The van der Waals surface area contributed by atoms with Gasteiger partial charge >= 0.3 is 12.1 Å². The van der Waals surface area contributed by atoms with Crippen molar-refractivity contribution in [3.05, 3.63) is 95.1 Å². The number of nitrogens with zero attached hydrogens (tertiary/aromatic N) is 1. The Balaban J connectivity index is 1.28. The van der Waals surface area contributed by atoms with Crippen molar-refractivity contribution in [2.75, 3.05) is 20.2 Å². The van der Waals surface area contributed by atoms with Gasteiger partial charge in [-0.1, -0.05) is 60.7 Å². The van der Waals surface area contributed by atoms with E-state index in [0.29, 0.717) is 6.54 Å². The average molecular weight is 444 g/mol. The number of alkyl carbamates (subject to hydrolysis) is 1. The van der Waals surface area contributed by atoms with Gasteiger partial charge in [0.25, 0.3) is 0 Å². The third-order valence-corrected chi connectivity index (χ3v) is 5.77. The van der Waals surface area contributed by atoms with Crippen LogP contribution in [0.5, 0.6) is 0 Å². The summed E-state index contributed by atoms with van der Waals surface area (Å²) in [6, 6.07) is 22.5. The lowest BCUT2D eigenvalue weighted by molar-refractivity contribution is -0.129. The molecule has 0 radical (unpaired) electrons. The molecule has 2 amide bonds. The molecule has 7 nitrogen and oxygen atoms in total. The molecule has 33 heavy (non-hydrogen) atoms. The van der Waals surface area contributed by atoms with E-state index < -0.39 is 12.1 Å². The SMILES string of the molecule is CN(Cc1ccc(C(=O)O)cc1)C(=O)CNC(=O)OCC1c2ccccc2-c2ccccc21. The number of rotatable bonds is 7. The zero-order valence-corrected chi connectivity index (χ0v) is 18.2. The zero-order chi connectivity index (χ0) is 23.4. The highest BCUT2D eigenvalue weighted by Crippen LogP contribution is 2.44. The minimum absolute atomic E-state index is 0.0460. The van der Waals surface area contributed by atoms with Crippen LogP contribution >= 0.6 is 0 Å². The smallest absolute Gasteiger partial charge is 0.407 e. The molecule has 0 bridgehead atoms. The van der Waals surface area contributed by atoms with E-state index in [0.717, 1.165) is 27.8 Å². The largest absolute Gasteiger partial charge is 0.478 e. The number of hydrogen-bond acceptors (Lipinski definition) is 4. The number of benzene rings is 3. The first-order chi connectivity index (χ1) is 15.9. The summed E-state index contributed by atoms with van der Waals surface area (Å²) in [5.41, 5.74) is 5.51. The van der Waals surface area contributed by atoms with Gasteiger partial charge in [0.15, 0.2) is 0 Å². The van der Waals surface area contributed by atoms with Crippen molar-refractivity contribution in [2.24, 2.45) is 0 Å². The Bertz CT molecular complexity index is 1140. The summed E-state index contributed by atoms with van der Waals surface area (Å²) in [5.74, 6) is -1.33. The van der Waals surface area contributed by atoms with Crippen LogP contribution < -0.4 is 5.32 Å². The Morgan fingerprint density at radius 3 is 2.06 bits per heavy atom. The van der Waals surface area contributed by atoms with Crippen LogP contribution in [0.1, 0.15) is 33.0 Å². The summed E-state index contributed by atoms with van der Waals surface area (Å²) in [4.78, 5) is 37.0. The van der Waals surface area contributed by atoms with E-state index in [1.807, 2.05) is 36.4 Å². The van der Waals surface area contributed by atoms with E-state index in [4.69, 9.17) is 9.84 Å². The monoisotopic (exact) mass is 444 g/mol. The second-order valence-corrected chi connectivity index (χ2v) is 7.93. The first-order valence-electron chi connectivity index (χ1n) is 10.6. The van der Waals surface area contributed by atoms with Gasteiger partial charge in [-0.2, -0.15) is 0 Å². The Hall–Kier alpha value is -4.13. The summed E-state index contributed by atoms with van der Waals surface area (Å²) in [6.07, 6.45) is -0.649. The Morgan fingerprint density at radius 2 is 1.48 bits per heavy atom. The number of carbonyl (C=O) groups excluding carboxylic acids is 2. The van der Waals surface area contributed by atoms with Crippen LogP contribution in [0.25, 0.3) is 11.1 Å². The van der Waals surface area contributed by atoms with Gasteiger partial charge in [0.1, 0.15) is 13.2 Å². The van der Waals surface area contributed by atoms with E-state index in [1.165, 1.54) is 17.0 Å². The Morgan fingerprint density at radius 1 is 0.909 bits per heavy atom. The normalized spacial score (nSPS) is 11.9. The number of carboxylic acids is 1. The van der Waals surface area contributed by atoms with Crippen molar-refractivity contribution in [1.29, 1.82) is 0 Å². The molecule has 3 aromatic carbocycles. The molecule has 0 spiro atoms. The fraction of sp³-hybridized carbons (Fsp3) is 0.192. The van der Waals surface area contributed by atoms with Gasteiger partial charge in [-0.25, -0.2) is 9.59 Å². The number of amides is 2. The van der Waals surface area contributed by atoms with Gasteiger partial charge in [0.2, 0.25) is 5.91 Å². The maximum absolute atomic E-state index is 12.4. The summed E-state index contributed by atoms with van der Waals surface area (Å²) < 4.78 is 5.45. The van der Waals surface area contributed by atoms with Crippen molar-refractivity contribution >= 4 is 18.0 Å². The molecule has 0 aromatic heterocycles. The van der Waals surface area contributed by atoms with Crippen molar-refractivity contribution in [2.45, 2.75) is 12.5 Å². The number of ether oxygens (including phenoxy) is 1. The molecule has 168 valence electrons. The second kappa shape index (κ2) is 9.56. The van der Waals surface area contributed by atoms with Crippen molar-refractivity contribution in [1.82, 2.24) is 10.2 Å². The number of nitrogens with one attached hydrogen (secondary N) is 1. The summed E-state index contributed by atoms with van der Waals surface area (Å²) in [6.45, 7) is 0.283. The lowest BCUT2D eigenvalue weighted by Crippen LogP contribution is -2.38. The Labute approximate surface area is 191 Å². The molecular weight excluding hydrogens is 420 g/mol. The zero-order valence-electron chi connectivity index (χ0n) is 18.2.